The Labute approximate surface area is 133 Å². The summed E-state index contributed by atoms with van der Waals surface area (Å²) in [6.45, 7) is 6.40. The molecular formula is C18H26N2S. The fourth-order valence-electron chi connectivity index (χ4n) is 3.38. The van der Waals surface area contributed by atoms with Crippen molar-refractivity contribution in [3.05, 3.63) is 29.8 Å². The van der Waals surface area contributed by atoms with Crippen LogP contribution in [0.2, 0.25) is 0 Å². The van der Waals surface area contributed by atoms with Crippen LogP contribution in [-0.2, 0) is 0 Å². The smallest absolute Gasteiger partial charge is 0.109 e. The average molecular weight is 302 g/mol. The molecule has 2 nitrogen and oxygen atoms in total. The van der Waals surface area contributed by atoms with Crippen molar-refractivity contribution in [3.8, 4) is 6.07 Å². The molecule has 2 rings (SSSR count). The molecule has 1 aromatic rings. The predicted molar refractivity (Wildman–Crippen MR) is 90.5 cm³/mol. The minimum Gasteiger partial charge on any atom is -0.297 e. The fourth-order valence-corrected chi connectivity index (χ4v) is 4.46. The lowest BCUT2D eigenvalue weighted by atomic mass is 9.86. The van der Waals surface area contributed by atoms with E-state index in [1.807, 2.05) is 11.8 Å². The summed E-state index contributed by atoms with van der Waals surface area (Å²) in [5.74, 6) is 1.58. The summed E-state index contributed by atoms with van der Waals surface area (Å²) in [7, 11) is 0. The van der Waals surface area contributed by atoms with Crippen LogP contribution in [-0.4, -0.2) is 17.3 Å². The molecular weight excluding hydrogens is 276 g/mol. The Kier molecular flexibility index (Phi) is 5.72. The van der Waals surface area contributed by atoms with Gasteiger partial charge < -0.3 is 0 Å². The molecule has 1 aromatic carbocycles. The first-order chi connectivity index (χ1) is 10.1. The molecule has 114 valence electrons. The predicted octanol–water partition coefficient (Wildman–Crippen LogP) is 4.54. The Morgan fingerprint density at radius 1 is 1.48 bits per heavy atom. The standard InChI is InChI=1S/C18H26N2S/c1-14(2)20-18(13-19)10-5-7-16(18)9-11-21-17-8-4-6-15(3)12-17/h4,6,8,12,14,16,20H,5,7,9-11H2,1-3H3. The van der Waals surface area contributed by atoms with Gasteiger partial charge in [-0.3, -0.25) is 5.32 Å². The molecule has 0 radical (unpaired) electrons. The van der Waals surface area contributed by atoms with Crippen LogP contribution in [0, 0.1) is 24.2 Å². The lowest BCUT2D eigenvalue weighted by Crippen LogP contribution is -2.50. The molecule has 0 saturated heterocycles. The maximum absolute atomic E-state index is 9.67. The number of nitriles is 1. The van der Waals surface area contributed by atoms with E-state index in [9.17, 15) is 5.26 Å². The van der Waals surface area contributed by atoms with Crippen LogP contribution in [0.3, 0.4) is 0 Å². The third kappa shape index (κ3) is 4.25. The summed E-state index contributed by atoms with van der Waals surface area (Å²) in [5, 5.41) is 13.2. The highest BCUT2D eigenvalue weighted by atomic mass is 32.2. The number of thioether (sulfide) groups is 1. The van der Waals surface area contributed by atoms with Crippen molar-refractivity contribution in [2.45, 2.75) is 62.9 Å². The number of nitrogens with one attached hydrogen (secondary N) is 1. The minimum atomic E-state index is -0.290. The molecule has 0 aromatic heterocycles. The van der Waals surface area contributed by atoms with E-state index in [1.54, 1.807) is 0 Å². The van der Waals surface area contributed by atoms with E-state index in [2.05, 4.69) is 56.4 Å². The zero-order valence-corrected chi connectivity index (χ0v) is 14.2. The number of rotatable bonds is 6. The Morgan fingerprint density at radius 3 is 2.95 bits per heavy atom. The number of nitrogens with zero attached hydrogens (tertiary/aromatic N) is 1. The number of aryl methyl sites for hydroxylation is 1. The molecule has 1 N–H and O–H groups in total. The van der Waals surface area contributed by atoms with Gasteiger partial charge in [0.05, 0.1) is 6.07 Å². The molecule has 1 aliphatic rings. The highest BCUT2D eigenvalue weighted by molar-refractivity contribution is 7.99. The van der Waals surface area contributed by atoms with Gasteiger partial charge in [0.15, 0.2) is 0 Å². The molecule has 1 fully saturated rings. The summed E-state index contributed by atoms with van der Waals surface area (Å²) in [6.07, 6.45) is 4.47. The highest BCUT2D eigenvalue weighted by Crippen LogP contribution is 2.39. The molecule has 0 spiro atoms. The summed E-state index contributed by atoms with van der Waals surface area (Å²) in [4.78, 5) is 1.34. The Hall–Kier alpha value is -0.980. The van der Waals surface area contributed by atoms with E-state index in [-0.39, 0.29) is 5.54 Å². The van der Waals surface area contributed by atoms with Crippen molar-refractivity contribution in [3.63, 3.8) is 0 Å². The van der Waals surface area contributed by atoms with Gasteiger partial charge in [0.1, 0.15) is 5.54 Å². The van der Waals surface area contributed by atoms with E-state index in [1.165, 1.54) is 23.3 Å². The Balaban J connectivity index is 1.91. The van der Waals surface area contributed by atoms with Gasteiger partial charge in [-0.1, -0.05) is 24.1 Å². The number of benzene rings is 1. The normalized spacial score (nSPS) is 25.2. The third-order valence-electron chi connectivity index (χ3n) is 4.29. The monoisotopic (exact) mass is 302 g/mol. The van der Waals surface area contributed by atoms with Gasteiger partial charge >= 0.3 is 0 Å². The topological polar surface area (TPSA) is 35.8 Å². The van der Waals surface area contributed by atoms with Gasteiger partial charge in [-0.25, -0.2) is 0 Å². The minimum absolute atomic E-state index is 0.290. The van der Waals surface area contributed by atoms with E-state index in [4.69, 9.17) is 0 Å². The van der Waals surface area contributed by atoms with Gasteiger partial charge in [-0.05, 0) is 63.8 Å². The summed E-state index contributed by atoms with van der Waals surface area (Å²) in [5.41, 5.74) is 1.02. The van der Waals surface area contributed by atoms with E-state index in [0.717, 1.165) is 18.6 Å². The Bertz CT molecular complexity index is 506. The maximum Gasteiger partial charge on any atom is 0.109 e. The zero-order valence-electron chi connectivity index (χ0n) is 13.4. The van der Waals surface area contributed by atoms with Crippen LogP contribution in [0.25, 0.3) is 0 Å². The third-order valence-corrected chi connectivity index (χ3v) is 5.32. The second kappa shape index (κ2) is 7.33. The largest absolute Gasteiger partial charge is 0.297 e. The van der Waals surface area contributed by atoms with Crippen molar-refractivity contribution in [1.29, 1.82) is 5.26 Å². The molecule has 0 bridgehead atoms. The quantitative estimate of drug-likeness (QED) is 0.784. The van der Waals surface area contributed by atoms with Crippen molar-refractivity contribution in [1.82, 2.24) is 5.32 Å². The van der Waals surface area contributed by atoms with Crippen molar-refractivity contribution >= 4 is 11.8 Å². The second-order valence-corrected chi connectivity index (χ2v) is 7.59. The molecule has 3 heteroatoms. The SMILES string of the molecule is Cc1cccc(SCCC2CCCC2(C#N)NC(C)C)c1. The van der Waals surface area contributed by atoms with Crippen molar-refractivity contribution in [2.24, 2.45) is 5.92 Å². The molecule has 2 unspecified atom stereocenters. The fraction of sp³-hybridized carbons (Fsp3) is 0.611. The first-order valence-corrected chi connectivity index (χ1v) is 8.93. The second-order valence-electron chi connectivity index (χ2n) is 6.42. The first kappa shape index (κ1) is 16.4. The van der Waals surface area contributed by atoms with E-state index >= 15 is 0 Å². The van der Waals surface area contributed by atoms with Crippen LogP contribution in [0.15, 0.2) is 29.2 Å². The van der Waals surface area contributed by atoms with E-state index in [0.29, 0.717) is 12.0 Å². The number of hydrogen-bond acceptors (Lipinski definition) is 3. The molecule has 0 amide bonds. The van der Waals surface area contributed by atoms with Crippen LogP contribution in [0.4, 0.5) is 0 Å². The van der Waals surface area contributed by atoms with Gasteiger partial charge in [0.2, 0.25) is 0 Å². The van der Waals surface area contributed by atoms with Crippen LogP contribution in [0.5, 0.6) is 0 Å². The van der Waals surface area contributed by atoms with Crippen LogP contribution < -0.4 is 5.32 Å². The molecule has 0 aliphatic heterocycles. The maximum atomic E-state index is 9.67. The number of hydrogen-bond donors (Lipinski definition) is 1. The Morgan fingerprint density at radius 2 is 2.29 bits per heavy atom. The highest BCUT2D eigenvalue weighted by Gasteiger charge is 2.42. The lowest BCUT2D eigenvalue weighted by molar-refractivity contribution is 0.289. The van der Waals surface area contributed by atoms with Gasteiger partial charge in [0.25, 0.3) is 0 Å². The van der Waals surface area contributed by atoms with Crippen LogP contribution >= 0.6 is 11.8 Å². The summed E-state index contributed by atoms with van der Waals surface area (Å²) < 4.78 is 0. The first-order valence-electron chi connectivity index (χ1n) is 7.94. The van der Waals surface area contributed by atoms with Gasteiger partial charge in [-0.2, -0.15) is 5.26 Å². The lowest BCUT2D eigenvalue weighted by Gasteiger charge is -2.32. The summed E-state index contributed by atoms with van der Waals surface area (Å²) >= 11 is 1.91. The van der Waals surface area contributed by atoms with Gasteiger partial charge in [0, 0.05) is 10.9 Å². The zero-order chi connectivity index (χ0) is 15.3. The summed E-state index contributed by atoms with van der Waals surface area (Å²) in [6, 6.07) is 11.6. The molecule has 2 atom stereocenters. The van der Waals surface area contributed by atoms with Crippen molar-refractivity contribution < 1.29 is 0 Å². The molecule has 1 aliphatic carbocycles. The van der Waals surface area contributed by atoms with Crippen LogP contribution in [0.1, 0.15) is 45.1 Å². The molecule has 1 saturated carbocycles. The van der Waals surface area contributed by atoms with E-state index < -0.39 is 0 Å². The molecule has 21 heavy (non-hydrogen) atoms. The van der Waals surface area contributed by atoms with Gasteiger partial charge in [-0.15, -0.1) is 11.8 Å². The molecule has 0 heterocycles. The average Bonchev–Trinajstić information content (AvgIpc) is 2.82. The van der Waals surface area contributed by atoms with Crippen molar-refractivity contribution in [2.75, 3.05) is 5.75 Å².